The van der Waals surface area contributed by atoms with Crippen molar-refractivity contribution in [3.63, 3.8) is 0 Å². The summed E-state index contributed by atoms with van der Waals surface area (Å²) < 4.78 is 7.81. The molecule has 0 amide bonds. The molecule has 0 aliphatic carbocycles. The topological polar surface area (TPSA) is 87.8 Å². The molecular formula is C24H32N6OSi. The summed E-state index contributed by atoms with van der Waals surface area (Å²) >= 11 is 0. The number of piperidine rings is 1. The molecule has 1 aromatic carbocycles. The maximum Gasteiger partial charge on any atom is 0.139 e. The first kappa shape index (κ1) is 22.5. The van der Waals surface area contributed by atoms with Crippen LogP contribution in [-0.2, 0) is 11.5 Å². The predicted molar refractivity (Wildman–Crippen MR) is 131 cm³/mol. The van der Waals surface area contributed by atoms with Crippen molar-refractivity contribution in [1.29, 1.82) is 5.26 Å². The van der Waals surface area contributed by atoms with Crippen molar-refractivity contribution in [2.75, 3.05) is 25.0 Å². The van der Waals surface area contributed by atoms with Gasteiger partial charge in [0.1, 0.15) is 18.6 Å². The van der Waals surface area contributed by atoms with E-state index < -0.39 is 8.07 Å². The van der Waals surface area contributed by atoms with Crippen molar-refractivity contribution in [3.05, 3.63) is 42.2 Å². The van der Waals surface area contributed by atoms with E-state index in [4.69, 9.17) is 4.74 Å². The minimum absolute atomic E-state index is 0.399. The molecule has 0 radical (unpaired) electrons. The molecule has 1 aliphatic heterocycles. The number of nitrogens with one attached hydrogen (secondary N) is 2. The molecule has 0 spiro atoms. The lowest BCUT2D eigenvalue weighted by molar-refractivity contribution is 0.0817. The summed E-state index contributed by atoms with van der Waals surface area (Å²) in [5, 5.41) is 22.2. The summed E-state index contributed by atoms with van der Waals surface area (Å²) in [5.41, 5.74) is 3.43. The molecule has 0 unspecified atom stereocenters. The number of aromatic nitrogens is 3. The van der Waals surface area contributed by atoms with E-state index in [2.05, 4.69) is 52.5 Å². The minimum atomic E-state index is -1.12. The smallest absolute Gasteiger partial charge is 0.139 e. The Bertz CT molecular complexity index is 1110. The quantitative estimate of drug-likeness (QED) is 0.391. The van der Waals surface area contributed by atoms with Gasteiger partial charge in [0.15, 0.2) is 0 Å². The average Bonchev–Trinajstić information content (AvgIpc) is 3.20. The van der Waals surface area contributed by atoms with Crippen molar-refractivity contribution in [3.8, 4) is 17.2 Å². The highest BCUT2D eigenvalue weighted by Gasteiger charge is 2.17. The Morgan fingerprint density at radius 1 is 1.22 bits per heavy atom. The van der Waals surface area contributed by atoms with Crippen LogP contribution in [0, 0.1) is 11.3 Å². The maximum absolute atomic E-state index is 9.72. The monoisotopic (exact) mass is 448 g/mol. The minimum Gasteiger partial charge on any atom is -0.367 e. The summed E-state index contributed by atoms with van der Waals surface area (Å²) in [7, 11) is -1.12. The van der Waals surface area contributed by atoms with Gasteiger partial charge in [0.25, 0.3) is 0 Å². The van der Waals surface area contributed by atoms with E-state index in [0.717, 1.165) is 66.4 Å². The summed E-state index contributed by atoms with van der Waals surface area (Å²) in [5.74, 6) is 0.810. The fraction of sp³-hybridized carbons (Fsp3) is 0.458. The van der Waals surface area contributed by atoms with Gasteiger partial charge in [-0.1, -0.05) is 31.8 Å². The van der Waals surface area contributed by atoms with Gasteiger partial charge in [-0.05, 0) is 49.7 Å². The van der Waals surface area contributed by atoms with Gasteiger partial charge in [-0.15, -0.1) is 0 Å². The molecule has 32 heavy (non-hydrogen) atoms. The van der Waals surface area contributed by atoms with Crippen LogP contribution in [0.25, 0.3) is 22.0 Å². The molecule has 8 heteroatoms. The molecule has 4 rings (SSSR count). The highest BCUT2D eigenvalue weighted by Crippen LogP contribution is 2.32. The summed E-state index contributed by atoms with van der Waals surface area (Å²) in [4.78, 5) is 4.49. The lowest BCUT2D eigenvalue weighted by atomic mass is 9.98. The number of rotatable bonds is 8. The third kappa shape index (κ3) is 5.36. The van der Waals surface area contributed by atoms with Crippen molar-refractivity contribution >= 4 is 24.8 Å². The highest BCUT2D eigenvalue weighted by molar-refractivity contribution is 6.76. The van der Waals surface area contributed by atoms with Gasteiger partial charge in [-0.3, -0.25) is 0 Å². The number of hydrogen-bond acceptors (Lipinski definition) is 6. The zero-order chi connectivity index (χ0) is 22.6. The second-order valence-electron chi connectivity index (χ2n) is 9.63. The zero-order valence-corrected chi connectivity index (χ0v) is 20.2. The molecule has 0 bridgehead atoms. The largest absolute Gasteiger partial charge is 0.367 e. The number of anilines is 1. The predicted octanol–water partition coefficient (Wildman–Crippen LogP) is 4.45. The van der Waals surface area contributed by atoms with Crippen LogP contribution in [0.2, 0.25) is 25.7 Å². The summed E-state index contributed by atoms with van der Waals surface area (Å²) in [6.07, 6.45) is 5.67. The Labute approximate surface area is 190 Å². The molecule has 2 aromatic heterocycles. The maximum atomic E-state index is 9.72. The Morgan fingerprint density at radius 2 is 2.03 bits per heavy atom. The molecule has 1 saturated heterocycles. The van der Waals surface area contributed by atoms with E-state index in [-0.39, 0.29) is 0 Å². The second kappa shape index (κ2) is 9.82. The molecular weight excluding hydrogens is 416 g/mol. The lowest BCUT2D eigenvalue weighted by Gasteiger charge is -2.24. The van der Waals surface area contributed by atoms with Gasteiger partial charge < -0.3 is 15.4 Å². The third-order valence-corrected chi connectivity index (χ3v) is 7.61. The Hall–Kier alpha value is -2.73. The molecule has 3 heterocycles. The summed E-state index contributed by atoms with van der Waals surface area (Å²) in [6, 6.07) is 11.9. The number of nitrogens with zero attached hydrogens (tertiary/aromatic N) is 4. The number of nitriles is 1. The van der Waals surface area contributed by atoms with E-state index in [0.29, 0.717) is 18.3 Å². The lowest BCUT2D eigenvalue weighted by Crippen LogP contribution is -2.35. The normalized spacial score (nSPS) is 15.1. The van der Waals surface area contributed by atoms with Crippen molar-refractivity contribution in [2.24, 2.45) is 0 Å². The van der Waals surface area contributed by atoms with Crippen LogP contribution in [0.1, 0.15) is 18.4 Å². The van der Waals surface area contributed by atoms with Crippen LogP contribution < -0.4 is 10.6 Å². The average molecular weight is 449 g/mol. The Balaban J connectivity index is 1.59. The zero-order valence-electron chi connectivity index (χ0n) is 19.2. The van der Waals surface area contributed by atoms with Gasteiger partial charge >= 0.3 is 0 Å². The van der Waals surface area contributed by atoms with E-state index >= 15 is 0 Å². The van der Waals surface area contributed by atoms with Crippen LogP contribution in [0.3, 0.4) is 0 Å². The van der Waals surface area contributed by atoms with E-state index in [1.54, 1.807) is 6.20 Å². The van der Waals surface area contributed by atoms with Crippen molar-refractivity contribution in [2.45, 2.75) is 51.3 Å². The van der Waals surface area contributed by atoms with Crippen LogP contribution in [-0.4, -0.2) is 48.6 Å². The van der Waals surface area contributed by atoms with Gasteiger partial charge in [-0.2, -0.15) is 10.4 Å². The van der Waals surface area contributed by atoms with Gasteiger partial charge in [0.05, 0.1) is 17.3 Å². The number of fused-ring (bicyclic) bond motifs is 1. The molecule has 0 saturated carbocycles. The molecule has 1 fully saturated rings. The van der Waals surface area contributed by atoms with E-state index in [1.807, 2.05) is 29.1 Å². The standard InChI is InChI=1S/C24H32N6OSi/c1-32(2,3)12-11-31-17-30-23-6-4-5-20(22(23)16-28-30)21-13-24(27-15-18(21)14-25)29-19-7-9-26-10-8-19/h4-6,13,15-16,19,26H,7-12,17H2,1-3H3,(H,27,29). The van der Waals surface area contributed by atoms with Crippen LogP contribution in [0.15, 0.2) is 36.7 Å². The first-order valence-corrected chi connectivity index (χ1v) is 15.1. The molecule has 7 nitrogen and oxygen atoms in total. The van der Waals surface area contributed by atoms with Gasteiger partial charge in [-0.25, -0.2) is 9.67 Å². The van der Waals surface area contributed by atoms with E-state index in [1.165, 1.54) is 0 Å². The third-order valence-electron chi connectivity index (χ3n) is 5.90. The fourth-order valence-electron chi connectivity index (χ4n) is 3.99. The SMILES string of the molecule is C[Si](C)(C)CCOCn1ncc2c(-c3cc(NC4CCNCC4)ncc3C#N)cccc21. The molecule has 1 aliphatic rings. The Kier molecular flexibility index (Phi) is 6.89. The summed E-state index contributed by atoms with van der Waals surface area (Å²) in [6.45, 7) is 10.3. The van der Waals surface area contributed by atoms with Gasteiger partial charge in [0.2, 0.25) is 0 Å². The number of hydrogen-bond donors (Lipinski definition) is 2. The van der Waals surface area contributed by atoms with Crippen molar-refractivity contribution in [1.82, 2.24) is 20.1 Å². The highest BCUT2D eigenvalue weighted by atomic mass is 28.3. The molecule has 168 valence electrons. The van der Waals surface area contributed by atoms with E-state index in [9.17, 15) is 5.26 Å². The number of benzene rings is 1. The first-order valence-electron chi connectivity index (χ1n) is 11.3. The first-order chi connectivity index (χ1) is 15.4. The van der Waals surface area contributed by atoms with Crippen LogP contribution in [0.4, 0.5) is 5.82 Å². The molecule has 3 aromatic rings. The number of ether oxygens (including phenoxy) is 1. The molecule has 0 atom stereocenters. The molecule has 2 N–H and O–H groups in total. The second-order valence-corrected chi connectivity index (χ2v) is 15.2. The van der Waals surface area contributed by atoms with Crippen LogP contribution in [0.5, 0.6) is 0 Å². The van der Waals surface area contributed by atoms with Crippen molar-refractivity contribution < 1.29 is 4.74 Å². The van der Waals surface area contributed by atoms with Gasteiger partial charge in [0, 0.05) is 37.9 Å². The Morgan fingerprint density at radius 3 is 2.78 bits per heavy atom. The van der Waals surface area contributed by atoms with Crippen LogP contribution >= 0.6 is 0 Å². The fourth-order valence-corrected chi connectivity index (χ4v) is 4.75. The number of pyridine rings is 1.